The van der Waals surface area contributed by atoms with Crippen LogP contribution in [0.15, 0.2) is 29.3 Å². The van der Waals surface area contributed by atoms with Crippen LogP contribution in [0.4, 0.5) is 5.69 Å². The van der Waals surface area contributed by atoms with E-state index >= 15 is 0 Å². The van der Waals surface area contributed by atoms with Crippen LogP contribution in [-0.2, 0) is 4.79 Å². The van der Waals surface area contributed by atoms with Crippen LogP contribution in [-0.4, -0.2) is 51.1 Å². The minimum absolute atomic E-state index is 0. The number of guanidine groups is 1. The Bertz CT molecular complexity index is 563. The van der Waals surface area contributed by atoms with Crippen molar-refractivity contribution in [3.63, 3.8) is 0 Å². The minimum atomic E-state index is 0. The van der Waals surface area contributed by atoms with E-state index in [0.717, 1.165) is 25.6 Å². The van der Waals surface area contributed by atoms with Crippen LogP contribution in [0.5, 0.6) is 0 Å². The summed E-state index contributed by atoms with van der Waals surface area (Å²) in [5, 5.41) is 9.35. The molecule has 0 aliphatic rings. The molecule has 148 valence electrons. The molecule has 7 heteroatoms. The molecule has 1 amide bonds. The molecule has 6 nitrogen and oxygen atoms in total. The van der Waals surface area contributed by atoms with E-state index in [1.54, 1.807) is 7.05 Å². The largest absolute Gasteiger partial charge is 0.370 e. The van der Waals surface area contributed by atoms with Gasteiger partial charge in [-0.1, -0.05) is 12.1 Å². The van der Waals surface area contributed by atoms with Crippen molar-refractivity contribution in [2.45, 2.75) is 40.2 Å². The smallest absolute Gasteiger partial charge is 0.221 e. The molecule has 0 aliphatic heterocycles. The second-order valence-corrected chi connectivity index (χ2v) is 6.32. The van der Waals surface area contributed by atoms with Gasteiger partial charge >= 0.3 is 0 Å². The summed E-state index contributed by atoms with van der Waals surface area (Å²) >= 11 is 0. The lowest BCUT2D eigenvalue weighted by molar-refractivity contribution is -0.121. The molecule has 0 aliphatic carbocycles. The van der Waals surface area contributed by atoms with Crippen LogP contribution < -0.4 is 20.9 Å². The molecule has 1 aromatic carbocycles. The van der Waals surface area contributed by atoms with Gasteiger partial charge < -0.3 is 20.9 Å². The number of hydrogen-bond acceptors (Lipinski definition) is 3. The van der Waals surface area contributed by atoms with Crippen molar-refractivity contribution in [1.82, 2.24) is 16.0 Å². The number of rotatable bonds is 9. The zero-order valence-corrected chi connectivity index (χ0v) is 19.0. The summed E-state index contributed by atoms with van der Waals surface area (Å²) in [5.41, 5.74) is 2.50. The average molecular weight is 475 g/mol. The first-order chi connectivity index (χ1) is 12.0. The summed E-state index contributed by atoms with van der Waals surface area (Å²) in [5.74, 6) is 0.771. The van der Waals surface area contributed by atoms with Gasteiger partial charge in [0.15, 0.2) is 5.96 Å². The van der Waals surface area contributed by atoms with Gasteiger partial charge in [0.2, 0.25) is 5.91 Å². The Balaban J connectivity index is 0.00000625. The highest BCUT2D eigenvalue weighted by Gasteiger charge is 2.06. The fourth-order valence-corrected chi connectivity index (χ4v) is 2.51. The molecular weight excluding hydrogens is 441 g/mol. The van der Waals surface area contributed by atoms with Gasteiger partial charge in [-0.3, -0.25) is 9.79 Å². The zero-order chi connectivity index (χ0) is 18.7. The zero-order valence-electron chi connectivity index (χ0n) is 16.6. The third kappa shape index (κ3) is 9.84. The first-order valence-corrected chi connectivity index (χ1v) is 9.01. The minimum Gasteiger partial charge on any atom is -0.370 e. The molecule has 0 spiro atoms. The van der Waals surface area contributed by atoms with E-state index in [2.05, 4.69) is 64.0 Å². The van der Waals surface area contributed by atoms with Crippen molar-refractivity contribution in [3.05, 3.63) is 29.8 Å². The summed E-state index contributed by atoms with van der Waals surface area (Å²) in [6.07, 6.45) is 0.434. The van der Waals surface area contributed by atoms with Crippen molar-refractivity contribution in [2.24, 2.45) is 4.99 Å². The second-order valence-electron chi connectivity index (χ2n) is 6.32. The number of anilines is 1. The maximum absolute atomic E-state index is 11.6. The summed E-state index contributed by atoms with van der Waals surface area (Å²) in [6, 6.07) is 8.70. The van der Waals surface area contributed by atoms with E-state index in [-0.39, 0.29) is 35.9 Å². The lowest BCUT2D eigenvalue weighted by Gasteiger charge is -2.24. The predicted molar refractivity (Wildman–Crippen MR) is 122 cm³/mol. The number of carbonyl (C=O) groups is 1. The third-order valence-electron chi connectivity index (χ3n) is 3.74. The van der Waals surface area contributed by atoms with Crippen LogP contribution in [0, 0.1) is 6.92 Å². The summed E-state index contributed by atoms with van der Waals surface area (Å²) in [7, 11) is 1.74. The number of benzene rings is 1. The number of halogens is 1. The topological polar surface area (TPSA) is 68.8 Å². The molecule has 0 bridgehead atoms. The van der Waals surface area contributed by atoms with Crippen LogP contribution in [0.2, 0.25) is 0 Å². The van der Waals surface area contributed by atoms with E-state index in [1.165, 1.54) is 11.3 Å². The fraction of sp³-hybridized carbons (Fsp3) is 0.579. The molecule has 0 fully saturated rings. The lowest BCUT2D eigenvalue weighted by atomic mass is 10.2. The molecule has 26 heavy (non-hydrogen) atoms. The normalized spacial score (nSPS) is 10.9. The van der Waals surface area contributed by atoms with Crippen molar-refractivity contribution in [1.29, 1.82) is 0 Å². The van der Waals surface area contributed by atoms with Gasteiger partial charge in [0.05, 0.1) is 0 Å². The number of aryl methyl sites for hydroxylation is 1. The quantitative estimate of drug-likeness (QED) is 0.292. The van der Waals surface area contributed by atoms with Gasteiger partial charge in [-0.2, -0.15) is 0 Å². The SMILES string of the molecule is CCN(CCNC(=NC)NCCC(=O)NC(C)C)c1cccc(C)c1.I. The number of aliphatic imine (C=N–C) groups is 1. The molecule has 0 saturated carbocycles. The molecule has 1 rings (SSSR count). The number of likely N-dealkylation sites (N-methyl/N-ethyl adjacent to an activating group) is 1. The van der Waals surface area contributed by atoms with E-state index in [9.17, 15) is 4.79 Å². The van der Waals surface area contributed by atoms with Crippen LogP contribution in [0.1, 0.15) is 32.8 Å². The number of carbonyl (C=O) groups excluding carboxylic acids is 1. The highest BCUT2D eigenvalue weighted by atomic mass is 127. The molecule has 0 saturated heterocycles. The van der Waals surface area contributed by atoms with Crippen molar-refractivity contribution in [3.8, 4) is 0 Å². The molecule has 0 unspecified atom stereocenters. The predicted octanol–water partition coefficient (Wildman–Crippen LogP) is 2.52. The molecule has 0 heterocycles. The molecule has 3 N–H and O–H groups in total. The summed E-state index contributed by atoms with van der Waals surface area (Å²) in [6.45, 7) is 11.4. The molecular formula is C19H34IN5O. The van der Waals surface area contributed by atoms with Crippen molar-refractivity contribution < 1.29 is 4.79 Å². The lowest BCUT2D eigenvalue weighted by Crippen LogP contribution is -2.43. The maximum atomic E-state index is 11.6. The first-order valence-electron chi connectivity index (χ1n) is 9.01. The van der Waals surface area contributed by atoms with Gasteiger partial charge in [0.1, 0.15) is 0 Å². The number of nitrogens with zero attached hydrogens (tertiary/aromatic N) is 2. The number of amides is 1. The van der Waals surface area contributed by atoms with Gasteiger partial charge in [0, 0.05) is 51.4 Å². The van der Waals surface area contributed by atoms with E-state index in [4.69, 9.17) is 0 Å². The molecule has 1 aromatic rings. The van der Waals surface area contributed by atoms with Crippen LogP contribution in [0.25, 0.3) is 0 Å². The van der Waals surface area contributed by atoms with Crippen molar-refractivity contribution >= 4 is 41.5 Å². The molecule has 0 aromatic heterocycles. The van der Waals surface area contributed by atoms with E-state index in [0.29, 0.717) is 13.0 Å². The second kappa shape index (κ2) is 13.7. The van der Waals surface area contributed by atoms with Gasteiger partial charge in [0.25, 0.3) is 0 Å². The first kappa shape index (κ1) is 24.5. The Kier molecular flexibility index (Phi) is 12.9. The Morgan fingerprint density at radius 2 is 1.92 bits per heavy atom. The van der Waals surface area contributed by atoms with Gasteiger partial charge in [-0.05, 0) is 45.4 Å². The standard InChI is InChI=1S/C19H33N5O.HI/c1-6-24(17-9-7-8-16(4)14-17)13-12-22-19(20-5)21-11-10-18(25)23-15(2)3;/h7-9,14-15H,6,10-13H2,1-5H3,(H,23,25)(H2,20,21,22);1H. The third-order valence-corrected chi connectivity index (χ3v) is 3.74. The Labute approximate surface area is 175 Å². The number of hydrogen-bond donors (Lipinski definition) is 3. The van der Waals surface area contributed by atoms with Crippen LogP contribution >= 0.6 is 24.0 Å². The average Bonchev–Trinajstić information content (AvgIpc) is 2.56. The Hall–Kier alpha value is -1.51. The molecule has 0 atom stereocenters. The van der Waals surface area contributed by atoms with E-state index < -0.39 is 0 Å². The van der Waals surface area contributed by atoms with E-state index in [1.807, 2.05) is 13.8 Å². The maximum Gasteiger partial charge on any atom is 0.221 e. The monoisotopic (exact) mass is 475 g/mol. The summed E-state index contributed by atoms with van der Waals surface area (Å²) < 4.78 is 0. The van der Waals surface area contributed by atoms with Gasteiger partial charge in [-0.25, -0.2) is 0 Å². The Morgan fingerprint density at radius 3 is 2.50 bits per heavy atom. The highest BCUT2D eigenvalue weighted by Crippen LogP contribution is 2.14. The highest BCUT2D eigenvalue weighted by molar-refractivity contribution is 14.0. The van der Waals surface area contributed by atoms with Crippen molar-refractivity contribution in [2.75, 3.05) is 38.1 Å². The Morgan fingerprint density at radius 1 is 1.23 bits per heavy atom. The fourth-order valence-electron chi connectivity index (χ4n) is 2.51. The van der Waals surface area contributed by atoms with Crippen LogP contribution in [0.3, 0.4) is 0 Å². The number of nitrogens with one attached hydrogen (secondary N) is 3. The van der Waals surface area contributed by atoms with Gasteiger partial charge in [-0.15, -0.1) is 24.0 Å². The molecule has 0 radical (unpaired) electrons. The summed E-state index contributed by atoms with van der Waals surface area (Å²) in [4.78, 5) is 18.2.